The Balaban J connectivity index is 1.75. The van der Waals surface area contributed by atoms with Gasteiger partial charge in [0.15, 0.2) is 0 Å². The third-order valence-electron chi connectivity index (χ3n) is 4.65. The van der Waals surface area contributed by atoms with E-state index in [1.165, 1.54) is 18.2 Å². The number of nitrogens with one attached hydrogen (secondary N) is 2. The summed E-state index contributed by atoms with van der Waals surface area (Å²) in [5.41, 5.74) is 1.37. The lowest BCUT2D eigenvalue weighted by Crippen LogP contribution is -2.31. The maximum Gasteiger partial charge on any atom is 0.311 e. The molecule has 3 aromatic rings. The number of aromatic nitrogens is 1. The van der Waals surface area contributed by atoms with E-state index in [1.54, 1.807) is 49.4 Å². The van der Waals surface area contributed by atoms with Crippen molar-refractivity contribution in [1.29, 1.82) is 0 Å². The number of nitro groups is 1. The van der Waals surface area contributed by atoms with Crippen molar-refractivity contribution in [2.75, 3.05) is 13.2 Å². The van der Waals surface area contributed by atoms with Gasteiger partial charge in [-0.05, 0) is 19.1 Å². The number of nitro benzene ring substituents is 1. The number of carbonyl (C=O) groups excluding carboxylic acids is 3. The molecule has 32 heavy (non-hydrogen) atoms. The topological polar surface area (TPSA) is 131 Å². The number of hydrogen-bond acceptors (Lipinski definition) is 6. The molecule has 0 fully saturated rings. The Labute approximate surface area is 183 Å². The summed E-state index contributed by atoms with van der Waals surface area (Å²) in [6, 6.07) is 13.1. The van der Waals surface area contributed by atoms with Crippen molar-refractivity contribution in [1.82, 2.24) is 10.3 Å². The van der Waals surface area contributed by atoms with Crippen LogP contribution in [0.3, 0.4) is 0 Å². The van der Waals surface area contributed by atoms with Crippen molar-refractivity contribution in [3.05, 3.63) is 81.5 Å². The van der Waals surface area contributed by atoms with Crippen molar-refractivity contribution in [3.8, 4) is 0 Å². The van der Waals surface area contributed by atoms with Gasteiger partial charge in [-0.1, -0.05) is 42.5 Å². The molecule has 9 heteroatoms. The van der Waals surface area contributed by atoms with Gasteiger partial charge in [-0.25, -0.2) is 0 Å². The van der Waals surface area contributed by atoms with Crippen LogP contribution in [-0.4, -0.2) is 40.7 Å². The van der Waals surface area contributed by atoms with E-state index in [2.05, 4.69) is 10.3 Å². The molecule has 0 atom stereocenters. The number of rotatable bonds is 9. The van der Waals surface area contributed by atoms with Gasteiger partial charge < -0.3 is 15.0 Å². The van der Waals surface area contributed by atoms with E-state index in [0.29, 0.717) is 22.2 Å². The van der Waals surface area contributed by atoms with E-state index in [4.69, 9.17) is 4.74 Å². The summed E-state index contributed by atoms with van der Waals surface area (Å²) in [7, 11) is 0. The van der Waals surface area contributed by atoms with Crippen LogP contribution in [-0.2, 0) is 20.7 Å². The molecule has 1 amide bonds. The first-order valence-corrected chi connectivity index (χ1v) is 9.90. The minimum atomic E-state index is -0.855. The molecule has 0 saturated carbocycles. The number of fused-ring (bicyclic) bond motifs is 1. The van der Waals surface area contributed by atoms with E-state index >= 15 is 0 Å². The van der Waals surface area contributed by atoms with E-state index in [1.807, 2.05) is 0 Å². The van der Waals surface area contributed by atoms with E-state index < -0.39 is 22.6 Å². The Morgan fingerprint density at radius 2 is 1.84 bits per heavy atom. The van der Waals surface area contributed by atoms with Crippen molar-refractivity contribution in [2.45, 2.75) is 13.3 Å². The zero-order valence-corrected chi connectivity index (χ0v) is 17.3. The number of nitrogens with zero attached hydrogens (tertiary/aromatic N) is 1. The fraction of sp³-hybridized carbons (Fsp3) is 0.174. The fourth-order valence-corrected chi connectivity index (χ4v) is 3.27. The molecular formula is C23H21N3O6. The van der Waals surface area contributed by atoms with E-state index in [9.17, 15) is 24.5 Å². The molecule has 9 nitrogen and oxygen atoms in total. The molecule has 1 heterocycles. The number of ketones is 1. The molecule has 3 rings (SSSR count). The zero-order chi connectivity index (χ0) is 23.1. The van der Waals surface area contributed by atoms with Crippen LogP contribution in [0.5, 0.6) is 0 Å². The summed E-state index contributed by atoms with van der Waals surface area (Å²) < 4.78 is 4.96. The molecule has 0 spiro atoms. The fourth-order valence-electron chi connectivity index (χ4n) is 3.27. The minimum Gasteiger partial charge on any atom is -0.466 e. The Hall–Kier alpha value is -4.27. The van der Waals surface area contributed by atoms with Crippen molar-refractivity contribution < 1.29 is 24.0 Å². The number of Topliss-reactive ketones (excluding diaryl/α,β-unsaturated/α-hetero) is 1. The Bertz CT molecular complexity index is 1210. The third-order valence-corrected chi connectivity index (χ3v) is 4.65. The maximum atomic E-state index is 12.9. The van der Waals surface area contributed by atoms with Crippen molar-refractivity contribution in [3.63, 3.8) is 0 Å². The van der Waals surface area contributed by atoms with Gasteiger partial charge in [0, 0.05) is 29.2 Å². The van der Waals surface area contributed by atoms with Crippen LogP contribution in [0, 0.1) is 10.1 Å². The standard InChI is InChI=1S/C23H21N3O6/c1-2-32-20(27)14-18-21(16-10-4-5-11-17(16)25-18)22(28)23(29)24-13-7-9-15-8-3-6-12-19(15)26(30)31/h3-12,25H,2,13-14H2,1H3,(H,24,29)/b9-7+. The summed E-state index contributed by atoms with van der Waals surface area (Å²) in [6.07, 6.45) is 2.84. The van der Waals surface area contributed by atoms with Gasteiger partial charge in [0.25, 0.3) is 17.4 Å². The number of para-hydroxylation sites is 2. The average molecular weight is 435 g/mol. The maximum absolute atomic E-state index is 12.9. The normalized spacial score (nSPS) is 10.9. The highest BCUT2D eigenvalue weighted by Gasteiger charge is 2.25. The van der Waals surface area contributed by atoms with Gasteiger partial charge in [-0.15, -0.1) is 0 Å². The summed E-state index contributed by atoms with van der Waals surface area (Å²) >= 11 is 0. The van der Waals surface area contributed by atoms with Gasteiger partial charge in [-0.3, -0.25) is 24.5 Å². The monoisotopic (exact) mass is 435 g/mol. The van der Waals surface area contributed by atoms with Crippen molar-refractivity contribution >= 4 is 40.3 Å². The number of hydrogen-bond donors (Lipinski definition) is 2. The molecule has 0 saturated heterocycles. The summed E-state index contributed by atoms with van der Waals surface area (Å²) in [6.45, 7) is 1.88. The van der Waals surface area contributed by atoms with Crippen LogP contribution >= 0.6 is 0 Å². The van der Waals surface area contributed by atoms with Crippen LogP contribution in [0.15, 0.2) is 54.6 Å². The Morgan fingerprint density at radius 1 is 1.12 bits per heavy atom. The number of ether oxygens (including phenoxy) is 1. The van der Waals surface area contributed by atoms with Crippen LogP contribution in [0.4, 0.5) is 5.69 Å². The van der Waals surface area contributed by atoms with E-state index in [0.717, 1.165) is 0 Å². The first-order chi connectivity index (χ1) is 15.4. The molecule has 0 aliphatic carbocycles. The molecule has 0 radical (unpaired) electrons. The quantitative estimate of drug-likeness (QED) is 0.174. The second-order valence-corrected chi connectivity index (χ2v) is 6.76. The highest BCUT2D eigenvalue weighted by molar-refractivity contribution is 6.45. The molecule has 0 unspecified atom stereocenters. The molecule has 164 valence electrons. The Morgan fingerprint density at radius 3 is 2.59 bits per heavy atom. The molecule has 0 aliphatic heterocycles. The van der Waals surface area contributed by atoms with Gasteiger partial charge in [-0.2, -0.15) is 0 Å². The van der Waals surface area contributed by atoms with Gasteiger partial charge in [0.1, 0.15) is 0 Å². The van der Waals surface area contributed by atoms with Gasteiger partial charge in [0.2, 0.25) is 0 Å². The van der Waals surface area contributed by atoms with Gasteiger partial charge in [0.05, 0.1) is 29.1 Å². The number of carbonyl (C=O) groups is 3. The molecular weight excluding hydrogens is 414 g/mol. The second-order valence-electron chi connectivity index (χ2n) is 6.76. The average Bonchev–Trinajstić information content (AvgIpc) is 3.13. The third kappa shape index (κ3) is 5.07. The molecule has 0 aliphatic rings. The second kappa shape index (κ2) is 10.2. The zero-order valence-electron chi connectivity index (χ0n) is 17.3. The van der Waals surface area contributed by atoms with Crippen molar-refractivity contribution in [2.24, 2.45) is 0 Å². The Kier molecular flexibility index (Phi) is 7.12. The predicted molar refractivity (Wildman–Crippen MR) is 118 cm³/mol. The van der Waals surface area contributed by atoms with Crippen LogP contribution in [0.1, 0.15) is 28.5 Å². The van der Waals surface area contributed by atoms with Crippen LogP contribution < -0.4 is 5.32 Å². The SMILES string of the molecule is CCOC(=O)Cc1[nH]c2ccccc2c1C(=O)C(=O)NC/C=C/c1ccccc1[N+](=O)[O-]. The predicted octanol–water partition coefficient (Wildman–Crippen LogP) is 3.19. The first kappa shape index (κ1) is 22.4. The number of aromatic amines is 1. The van der Waals surface area contributed by atoms with Gasteiger partial charge >= 0.3 is 5.97 Å². The highest BCUT2D eigenvalue weighted by atomic mass is 16.6. The summed E-state index contributed by atoms with van der Waals surface area (Å²) in [4.78, 5) is 50.9. The lowest BCUT2D eigenvalue weighted by molar-refractivity contribution is -0.385. The highest BCUT2D eigenvalue weighted by Crippen LogP contribution is 2.24. The van der Waals surface area contributed by atoms with Crippen LogP contribution in [0.25, 0.3) is 17.0 Å². The largest absolute Gasteiger partial charge is 0.466 e. The number of benzene rings is 2. The molecule has 1 aromatic heterocycles. The van der Waals surface area contributed by atoms with E-state index in [-0.39, 0.29) is 30.8 Å². The number of H-pyrrole nitrogens is 1. The molecule has 2 aromatic carbocycles. The lowest BCUT2D eigenvalue weighted by Gasteiger charge is -2.05. The minimum absolute atomic E-state index is 0.00775. The summed E-state index contributed by atoms with van der Waals surface area (Å²) in [5, 5.41) is 14.1. The smallest absolute Gasteiger partial charge is 0.311 e. The first-order valence-electron chi connectivity index (χ1n) is 9.90. The lowest BCUT2D eigenvalue weighted by atomic mass is 10.0. The molecule has 0 bridgehead atoms. The molecule has 2 N–H and O–H groups in total. The summed E-state index contributed by atoms with van der Waals surface area (Å²) in [5.74, 6) is -2.16. The number of amides is 1. The van der Waals surface area contributed by atoms with Crippen LogP contribution in [0.2, 0.25) is 0 Å². The number of esters is 1.